The van der Waals surface area contributed by atoms with Crippen molar-refractivity contribution < 1.29 is 21.3 Å². The maximum Gasteiger partial charge on any atom is 0.225 e. The number of nitrogens with zero attached hydrogens (tertiary/aromatic N) is 1. The fraction of sp³-hybridized carbons (Fsp3) is 0.267. The van der Waals surface area contributed by atoms with Crippen LogP contribution in [0, 0.1) is 6.92 Å². The van der Waals surface area contributed by atoms with Crippen molar-refractivity contribution in [1.29, 1.82) is 0 Å². The van der Waals surface area contributed by atoms with E-state index < -0.39 is 25.2 Å². The zero-order valence-corrected chi connectivity index (χ0v) is 14.9. The first-order chi connectivity index (χ1) is 11.1. The van der Waals surface area contributed by atoms with Gasteiger partial charge in [-0.25, -0.2) is 21.8 Å². The summed E-state index contributed by atoms with van der Waals surface area (Å²) >= 11 is 0. The van der Waals surface area contributed by atoms with Crippen molar-refractivity contribution in [3.8, 4) is 11.1 Å². The van der Waals surface area contributed by atoms with Gasteiger partial charge < -0.3 is 9.73 Å². The highest BCUT2D eigenvalue weighted by Gasteiger charge is 2.37. The van der Waals surface area contributed by atoms with Crippen LogP contribution in [0.3, 0.4) is 0 Å². The SMILES string of the molecule is Cc1oc2c(c1-c1ccccc1)C(S(C)(=O)=O)=NC(S(C)(=O)=O)N2. The molecule has 0 amide bonds. The van der Waals surface area contributed by atoms with E-state index in [1.54, 1.807) is 6.92 Å². The predicted octanol–water partition coefficient (Wildman–Crippen LogP) is 1.80. The van der Waals surface area contributed by atoms with E-state index in [0.717, 1.165) is 18.1 Å². The number of fused-ring (bicyclic) bond motifs is 1. The Labute approximate surface area is 140 Å². The molecule has 0 saturated heterocycles. The van der Waals surface area contributed by atoms with E-state index in [-0.39, 0.29) is 16.5 Å². The second kappa shape index (κ2) is 5.45. The first-order valence-corrected chi connectivity index (χ1v) is 10.9. The van der Waals surface area contributed by atoms with Crippen LogP contribution < -0.4 is 5.32 Å². The molecule has 7 nitrogen and oxygen atoms in total. The summed E-state index contributed by atoms with van der Waals surface area (Å²) in [5.41, 5.74) is 0.204. The molecule has 0 spiro atoms. The van der Waals surface area contributed by atoms with Crippen molar-refractivity contribution in [1.82, 2.24) is 0 Å². The molecule has 1 aliphatic rings. The van der Waals surface area contributed by atoms with Gasteiger partial charge in [-0.1, -0.05) is 30.3 Å². The summed E-state index contributed by atoms with van der Waals surface area (Å²) in [5.74, 6) is 0.571. The second-order valence-corrected chi connectivity index (χ2v) is 9.67. The first-order valence-electron chi connectivity index (χ1n) is 7.01. The van der Waals surface area contributed by atoms with Gasteiger partial charge in [0.15, 0.2) is 24.7 Å². The van der Waals surface area contributed by atoms with Crippen molar-refractivity contribution in [2.24, 2.45) is 4.99 Å². The van der Waals surface area contributed by atoms with Gasteiger partial charge >= 0.3 is 0 Å². The number of furan rings is 1. The Morgan fingerprint density at radius 1 is 1.04 bits per heavy atom. The third-order valence-corrected chi connectivity index (χ3v) is 5.65. The Bertz CT molecular complexity index is 1040. The van der Waals surface area contributed by atoms with Gasteiger partial charge in [-0.15, -0.1) is 0 Å². The molecule has 0 aliphatic carbocycles. The molecular weight excluding hydrogens is 352 g/mol. The van der Waals surface area contributed by atoms with Crippen molar-refractivity contribution in [3.05, 3.63) is 41.7 Å². The van der Waals surface area contributed by atoms with E-state index in [1.807, 2.05) is 30.3 Å². The highest BCUT2D eigenvalue weighted by atomic mass is 32.2. The summed E-state index contributed by atoms with van der Waals surface area (Å²) in [4.78, 5) is 3.93. The van der Waals surface area contributed by atoms with Crippen LogP contribution in [0.1, 0.15) is 11.3 Å². The lowest BCUT2D eigenvalue weighted by Crippen LogP contribution is -2.34. The molecule has 0 radical (unpaired) electrons. The predicted molar refractivity (Wildman–Crippen MR) is 92.5 cm³/mol. The molecule has 24 heavy (non-hydrogen) atoms. The largest absolute Gasteiger partial charge is 0.445 e. The van der Waals surface area contributed by atoms with Crippen molar-refractivity contribution in [3.63, 3.8) is 0 Å². The Kier molecular flexibility index (Phi) is 3.80. The fourth-order valence-electron chi connectivity index (χ4n) is 2.60. The Morgan fingerprint density at radius 3 is 2.21 bits per heavy atom. The van der Waals surface area contributed by atoms with Gasteiger partial charge in [0.1, 0.15) is 5.76 Å². The summed E-state index contributed by atoms with van der Waals surface area (Å²) in [7, 11) is -7.42. The van der Waals surface area contributed by atoms with Gasteiger partial charge in [0, 0.05) is 18.1 Å². The molecule has 1 N–H and O–H groups in total. The number of aliphatic imine (C=N–C) groups is 1. The van der Waals surface area contributed by atoms with E-state index >= 15 is 0 Å². The number of benzene rings is 1. The number of anilines is 1. The Balaban J connectivity index is 2.32. The fourth-order valence-corrected chi connectivity index (χ4v) is 4.15. The first kappa shape index (κ1) is 16.7. The minimum atomic E-state index is -3.76. The average molecular weight is 368 g/mol. The molecule has 0 bridgehead atoms. The van der Waals surface area contributed by atoms with Crippen molar-refractivity contribution >= 4 is 30.6 Å². The zero-order chi connectivity index (χ0) is 17.7. The number of hydrogen-bond donors (Lipinski definition) is 1. The average Bonchev–Trinajstić information content (AvgIpc) is 2.80. The molecule has 2 aromatic rings. The minimum Gasteiger partial charge on any atom is -0.445 e. The van der Waals surface area contributed by atoms with Crippen LogP contribution in [0.25, 0.3) is 11.1 Å². The number of rotatable bonds is 2. The van der Waals surface area contributed by atoms with E-state index in [9.17, 15) is 16.8 Å². The van der Waals surface area contributed by atoms with Crippen LogP contribution >= 0.6 is 0 Å². The van der Waals surface area contributed by atoms with E-state index in [4.69, 9.17) is 4.42 Å². The maximum absolute atomic E-state index is 12.2. The summed E-state index contributed by atoms with van der Waals surface area (Å²) < 4.78 is 53.7. The topological polar surface area (TPSA) is 106 Å². The van der Waals surface area contributed by atoms with Crippen molar-refractivity contribution in [2.75, 3.05) is 17.8 Å². The Morgan fingerprint density at radius 2 is 1.67 bits per heavy atom. The van der Waals surface area contributed by atoms with Gasteiger partial charge in [-0.3, -0.25) is 0 Å². The van der Waals surface area contributed by atoms with E-state index in [2.05, 4.69) is 10.3 Å². The van der Waals surface area contributed by atoms with Gasteiger partial charge in [0.2, 0.25) is 11.4 Å². The quantitative estimate of drug-likeness (QED) is 0.866. The van der Waals surface area contributed by atoms with E-state index in [1.165, 1.54) is 0 Å². The molecule has 2 heterocycles. The zero-order valence-electron chi connectivity index (χ0n) is 13.3. The summed E-state index contributed by atoms with van der Waals surface area (Å²) in [6.07, 6.45) is 1.98. The molecule has 1 atom stereocenters. The van der Waals surface area contributed by atoms with Crippen LogP contribution in [-0.4, -0.2) is 39.9 Å². The highest BCUT2D eigenvalue weighted by Crippen LogP contribution is 2.39. The van der Waals surface area contributed by atoms with Crippen LogP contribution in [0.2, 0.25) is 0 Å². The van der Waals surface area contributed by atoms with E-state index in [0.29, 0.717) is 11.3 Å². The van der Waals surface area contributed by atoms with Crippen LogP contribution in [-0.2, 0) is 19.7 Å². The molecular formula is C15H16N2O5S2. The lowest BCUT2D eigenvalue weighted by molar-refractivity contribution is 0.539. The molecule has 1 unspecified atom stereocenters. The smallest absolute Gasteiger partial charge is 0.225 e. The monoisotopic (exact) mass is 368 g/mol. The number of nitrogens with one attached hydrogen (secondary N) is 1. The third kappa shape index (κ3) is 2.84. The van der Waals surface area contributed by atoms with Crippen LogP contribution in [0.15, 0.2) is 39.7 Å². The molecule has 1 aromatic carbocycles. The lowest BCUT2D eigenvalue weighted by atomic mass is 10.0. The van der Waals surface area contributed by atoms with Crippen molar-refractivity contribution in [2.45, 2.75) is 12.4 Å². The molecule has 0 fully saturated rings. The standard InChI is InChI=1S/C15H16N2O5S2/c1-9-11(10-7-5-4-6-8-10)12-13(22-9)16-15(24(3,20)21)17-14(12)23(2,18)19/h4-8,15-16H,1-3H3. The molecule has 128 valence electrons. The molecule has 1 aliphatic heterocycles. The molecule has 0 saturated carbocycles. The summed E-state index contributed by atoms with van der Waals surface area (Å²) in [6.45, 7) is 1.69. The summed E-state index contributed by atoms with van der Waals surface area (Å²) in [6, 6.07) is 9.12. The van der Waals surface area contributed by atoms with Gasteiger partial charge in [-0.05, 0) is 12.5 Å². The Hall–Kier alpha value is -2.13. The normalized spacial score (nSPS) is 17.8. The molecule has 9 heteroatoms. The highest BCUT2D eigenvalue weighted by molar-refractivity contribution is 8.06. The number of sulfone groups is 2. The maximum atomic E-state index is 12.2. The number of hydrogen-bond acceptors (Lipinski definition) is 7. The molecule has 1 aromatic heterocycles. The van der Waals surface area contributed by atoms with Crippen LogP contribution in [0.4, 0.5) is 5.88 Å². The second-order valence-electron chi connectivity index (χ2n) is 5.64. The van der Waals surface area contributed by atoms with Gasteiger partial charge in [-0.2, -0.15) is 0 Å². The summed E-state index contributed by atoms with van der Waals surface area (Å²) in [5, 5.41) is 2.37. The minimum absolute atomic E-state index is 0.0946. The van der Waals surface area contributed by atoms with Gasteiger partial charge in [0.05, 0.1) is 5.56 Å². The number of aryl methyl sites for hydroxylation is 1. The lowest BCUT2D eigenvalue weighted by Gasteiger charge is -2.20. The third-order valence-electron chi connectivity index (χ3n) is 3.61. The van der Waals surface area contributed by atoms with Gasteiger partial charge in [0.25, 0.3) is 0 Å². The van der Waals surface area contributed by atoms with Crippen LogP contribution in [0.5, 0.6) is 0 Å². The molecule has 3 rings (SSSR count).